The smallest absolute Gasteiger partial charge is 0.251 e. The predicted octanol–water partition coefficient (Wildman–Crippen LogP) is -0.977. The van der Waals surface area contributed by atoms with Crippen LogP contribution < -0.4 is 5.32 Å². The summed E-state index contributed by atoms with van der Waals surface area (Å²) in [6.07, 6.45) is 1.19. The fraction of sp³-hybridized carbons (Fsp3) is 0.700. The summed E-state index contributed by atoms with van der Waals surface area (Å²) in [5.74, 6) is -0.852. The highest BCUT2D eigenvalue weighted by Crippen LogP contribution is 2.11. The van der Waals surface area contributed by atoms with Crippen molar-refractivity contribution >= 4 is 17.7 Å². The van der Waals surface area contributed by atoms with E-state index in [0.29, 0.717) is 12.8 Å². The molecule has 3 amide bonds. The monoisotopic (exact) mass is 228 g/mol. The maximum atomic E-state index is 11.6. The molecule has 0 aliphatic carbocycles. The lowest BCUT2D eigenvalue weighted by Gasteiger charge is -2.28. The summed E-state index contributed by atoms with van der Waals surface area (Å²) in [5.41, 5.74) is 0. The van der Waals surface area contributed by atoms with Crippen molar-refractivity contribution in [3.05, 3.63) is 0 Å². The molecule has 0 aromatic carbocycles. The lowest BCUT2D eigenvalue weighted by Crippen LogP contribution is -2.52. The molecule has 0 aromatic rings. The van der Waals surface area contributed by atoms with Gasteiger partial charge >= 0.3 is 0 Å². The number of amides is 3. The zero-order chi connectivity index (χ0) is 12.1. The van der Waals surface area contributed by atoms with E-state index < -0.39 is 6.04 Å². The van der Waals surface area contributed by atoms with Gasteiger partial charge in [-0.2, -0.15) is 0 Å². The molecule has 1 rings (SSSR count). The summed E-state index contributed by atoms with van der Waals surface area (Å²) in [4.78, 5) is 35.1. The largest absolute Gasteiger partial charge is 0.396 e. The Bertz CT molecular complexity index is 303. The molecule has 0 spiro atoms. The highest BCUT2D eigenvalue weighted by molar-refractivity contribution is 6.01. The number of hydrogen-bond acceptors (Lipinski definition) is 4. The number of rotatable bonds is 4. The molecule has 0 aromatic heterocycles. The molecule has 1 aliphatic heterocycles. The first-order valence-corrected chi connectivity index (χ1v) is 5.27. The Morgan fingerprint density at radius 2 is 2.25 bits per heavy atom. The van der Waals surface area contributed by atoms with Crippen LogP contribution in [0.3, 0.4) is 0 Å². The normalized spacial score (nSPS) is 21.1. The summed E-state index contributed by atoms with van der Waals surface area (Å²) in [7, 11) is 1.41. The topological polar surface area (TPSA) is 86.7 Å². The SMILES string of the molecule is CN1C(=O)CCC(NC(=O)CCCO)C1=O. The fourth-order valence-electron chi connectivity index (χ4n) is 1.56. The number of piperidine rings is 1. The Morgan fingerprint density at radius 3 is 2.88 bits per heavy atom. The van der Waals surface area contributed by atoms with Crippen LogP contribution in [0, 0.1) is 0 Å². The van der Waals surface area contributed by atoms with Gasteiger partial charge in [0.1, 0.15) is 6.04 Å². The van der Waals surface area contributed by atoms with Crippen LogP contribution >= 0.6 is 0 Å². The molecule has 0 saturated carbocycles. The van der Waals surface area contributed by atoms with Crippen molar-refractivity contribution in [3.8, 4) is 0 Å². The third-order valence-electron chi connectivity index (χ3n) is 2.55. The Morgan fingerprint density at radius 1 is 1.56 bits per heavy atom. The standard InChI is InChI=1S/C10H16N2O4/c1-12-9(15)5-4-7(10(12)16)11-8(14)3-2-6-13/h7,13H,2-6H2,1H3,(H,11,14). The van der Waals surface area contributed by atoms with Crippen LogP contribution in [0.25, 0.3) is 0 Å². The number of aliphatic hydroxyl groups is 1. The zero-order valence-corrected chi connectivity index (χ0v) is 9.23. The second kappa shape index (κ2) is 5.60. The van der Waals surface area contributed by atoms with Crippen molar-refractivity contribution in [2.24, 2.45) is 0 Å². The maximum Gasteiger partial charge on any atom is 0.251 e. The molecule has 2 N–H and O–H groups in total. The average molecular weight is 228 g/mol. The first-order valence-electron chi connectivity index (χ1n) is 5.27. The maximum absolute atomic E-state index is 11.6. The molecule has 1 unspecified atom stereocenters. The van der Waals surface area contributed by atoms with Crippen molar-refractivity contribution < 1.29 is 19.5 Å². The molecule has 6 heteroatoms. The van der Waals surface area contributed by atoms with E-state index in [1.807, 2.05) is 0 Å². The third-order valence-corrected chi connectivity index (χ3v) is 2.55. The Kier molecular flexibility index (Phi) is 4.42. The number of likely N-dealkylation sites (tertiary alicyclic amines) is 1. The number of hydrogen-bond donors (Lipinski definition) is 2. The van der Waals surface area contributed by atoms with E-state index in [1.165, 1.54) is 7.05 Å². The minimum absolute atomic E-state index is 0.0512. The van der Waals surface area contributed by atoms with Gasteiger partial charge in [-0.05, 0) is 12.8 Å². The summed E-state index contributed by atoms with van der Waals surface area (Å²) in [6, 6.07) is -0.603. The minimum atomic E-state index is -0.603. The number of nitrogens with one attached hydrogen (secondary N) is 1. The van der Waals surface area contributed by atoms with E-state index in [9.17, 15) is 14.4 Å². The minimum Gasteiger partial charge on any atom is -0.396 e. The lowest BCUT2D eigenvalue weighted by atomic mass is 10.0. The van der Waals surface area contributed by atoms with Gasteiger partial charge in [-0.1, -0.05) is 0 Å². The third kappa shape index (κ3) is 3.03. The van der Waals surface area contributed by atoms with Crippen LogP contribution in [-0.2, 0) is 14.4 Å². The van der Waals surface area contributed by atoms with Gasteiger partial charge in [0.25, 0.3) is 5.91 Å². The number of aliphatic hydroxyl groups excluding tert-OH is 1. The molecule has 6 nitrogen and oxygen atoms in total. The van der Waals surface area contributed by atoms with E-state index in [4.69, 9.17) is 5.11 Å². The first kappa shape index (κ1) is 12.6. The summed E-state index contributed by atoms with van der Waals surface area (Å²) < 4.78 is 0. The number of likely N-dealkylation sites (N-methyl/N-ethyl adjacent to an activating group) is 1. The molecular weight excluding hydrogens is 212 g/mol. The van der Waals surface area contributed by atoms with Crippen molar-refractivity contribution in [3.63, 3.8) is 0 Å². The molecule has 1 heterocycles. The van der Waals surface area contributed by atoms with E-state index in [-0.39, 0.29) is 37.2 Å². The molecule has 1 atom stereocenters. The van der Waals surface area contributed by atoms with Gasteiger partial charge in [0.15, 0.2) is 0 Å². The Balaban J connectivity index is 2.46. The molecule has 0 bridgehead atoms. The van der Waals surface area contributed by atoms with Crippen LogP contribution in [-0.4, -0.2) is 47.4 Å². The van der Waals surface area contributed by atoms with Crippen LogP contribution in [0.4, 0.5) is 0 Å². The van der Waals surface area contributed by atoms with Gasteiger partial charge in [-0.25, -0.2) is 0 Å². The fourth-order valence-corrected chi connectivity index (χ4v) is 1.56. The Labute approximate surface area is 93.6 Å². The highest BCUT2D eigenvalue weighted by atomic mass is 16.3. The predicted molar refractivity (Wildman–Crippen MR) is 55.3 cm³/mol. The van der Waals surface area contributed by atoms with Crippen molar-refractivity contribution in [2.75, 3.05) is 13.7 Å². The van der Waals surface area contributed by atoms with Crippen LogP contribution in [0.2, 0.25) is 0 Å². The van der Waals surface area contributed by atoms with E-state index >= 15 is 0 Å². The van der Waals surface area contributed by atoms with Gasteiger partial charge in [-0.3, -0.25) is 19.3 Å². The summed E-state index contributed by atoms with van der Waals surface area (Å²) in [6.45, 7) is -0.0512. The molecule has 1 aliphatic rings. The van der Waals surface area contributed by atoms with Crippen molar-refractivity contribution in [1.82, 2.24) is 10.2 Å². The number of carbonyl (C=O) groups excluding carboxylic acids is 3. The Hall–Kier alpha value is -1.43. The summed E-state index contributed by atoms with van der Waals surface area (Å²) >= 11 is 0. The number of nitrogens with zero attached hydrogens (tertiary/aromatic N) is 1. The quantitative estimate of drug-likeness (QED) is 0.606. The van der Waals surface area contributed by atoms with Gasteiger partial charge in [-0.15, -0.1) is 0 Å². The van der Waals surface area contributed by atoms with E-state index in [0.717, 1.165) is 4.90 Å². The molecule has 90 valence electrons. The van der Waals surface area contributed by atoms with Crippen LogP contribution in [0.5, 0.6) is 0 Å². The first-order chi connectivity index (χ1) is 7.56. The molecule has 1 saturated heterocycles. The molecule has 0 radical (unpaired) electrons. The molecular formula is C10H16N2O4. The zero-order valence-electron chi connectivity index (χ0n) is 9.23. The van der Waals surface area contributed by atoms with Gasteiger partial charge in [0.2, 0.25) is 11.8 Å². The molecule has 16 heavy (non-hydrogen) atoms. The average Bonchev–Trinajstić information content (AvgIpc) is 2.27. The highest BCUT2D eigenvalue weighted by Gasteiger charge is 2.32. The van der Waals surface area contributed by atoms with Gasteiger partial charge in [0.05, 0.1) is 0 Å². The van der Waals surface area contributed by atoms with Crippen molar-refractivity contribution in [1.29, 1.82) is 0 Å². The van der Waals surface area contributed by atoms with Crippen molar-refractivity contribution in [2.45, 2.75) is 31.7 Å². The second-order valence-electron chi connectivity index (χ2n) is 3.78. The van der Waals surface area contributed by atoms with Gasteiger partial charge < -0.3 is 10.4 Å². The van der Waals surface area contributed by atoms with E-state index in [2.05, 4.69) is 5.32 Å². The summed E-state index contributed by atoms with van der Waals surface area (Å²) in [5, 5.41) is 11.1. The number of carbonyl (C=O) groups is 3. The second-order valence-corrected chi connectivity index (χ2v) is 3.78. The van der Waals surface area contributed by atoms with Crippen LogP contribution in [0.15, 0.2) is 0 Å². The van der Waals surface area contributed by atoms with Gasteiger partial charge in [0, 0.05) is 26.5 Å². The van der Waals surface area contributed by atoms with E-state index in [1.54, 1.807) is 0 Å². The van der Waals surface area contributed by atoms with Crippen LogP contribution in [0.1, 0.15) is 25.7 Å². The number of imide groups is 1. The molecule has 1 fully saturated rings. The lowest BCUT2D eigenvalue weighted by molar-refractivity contribution is -0.149.